The molecule has 2 rings (SSSR count). The van der Waals surface area contributed by atoms with E-state index in [2.05, 4.69) is 4.98 Å². The summed E-state index contributed by atoms with van der Waals surface area (Å²) in [6.07, 6.45) is 2.91. The molecule has 0 unspecified atom stereocenters. The molecule has 92 valence electrons. The van der Waals surface area contributed by atoms with Crippen LogP contribution in [0.2, 0.25) is 0 Å². The van der Waals surface area contributed by atoms with Gasteiger partial charge in [0, 0.05) is 11.8 Å². The fourth-order valence-corrected chi connectivity index (χ4v) is 1.73. The molecule has 1 fully saturated rings. The Morgan fingerprint density at radius 3 is 2.65 bits per heavy atom. The number of aromatic hydroxyl groups is 1. The van der Waals surface area contributed by atoms with Gasteiger partial charge in [0.05, 0.1) is 6.42 Å². The quantitative estimate of drug-likeness (QED) is 0.808. The fourth-order valence-electron chi connectivity index (χ4n) is 1.73. The molecule has 0 aliphatic heterocycles. The highest BCUT2D eigenvalue weighted by molar-refractivity contribution is 6.01. The third-order valence-electron chi connectivity index (χ3n) is 2.94. The van der Waals surface area contributed by atoms with Crippen molar-refractivity contribution in [2.75, 3.05) is 0 Å². The van der Waals surface area contributed by atoms with Gasteiger partial charge in [-0.15, -0.1) is 0 Å². The van der Waals surface area contributed by atoms with Gasteiger partial charge in [-0.3, -0.25) is 9.59 Å². The smallest absolute Gasteiger partial charge is 0.242 e. The van der Waals surface area contributed by atoms with E-state index in [1.807, 2.05) is 13.8 Å². The van der Waals surface area contributed by atoms with Gasteiger partial charge in [0.2, 0.25) is 11.8 Å². The van der Waals surface area contributed by atoms with Gasteiger partial charge in [-0.25, -0.2) is 9.55 Å². The van der Waals surface area contributed by atoms with E-state index in [0.717, 1.165) is 17.4 Å². The van der Waals surface area contributed by atoms with Crippen LogP contribution in [0.15, 0.2) is 6.33 Å². The standard InChI is InChI=1S/C12H16N2O3/c1-7(2)11-12(17)14(6-13-11)10(16)5-9(15)8-3-4-8/h6-8,17H,3-5H2,1-2H3. The molecular formula is C12H16N2O3. The van der Waals surface area contributed by atoms with E-state index < -0.39 is 5.91 Å². The second-order valence-electron chi connectivity index (χ2n) is 4.79. The predicted molar refractivity (Wildman–Crippen MR) is 61.0 cm³/mol. The van der Waals surface area contributed by atoms with Gasteiger partial charge < -0.3 is 5.11 Å². The largest absolute Gasteiger partial charge is 0.493 e. The van der Waals surface area contributed by atoms with Gasteiger partial charge >= 0.3 is 0 Å². The Bertz CT molecular complexity index is 458. The van der Waals surface area contributed by atoms with Crippen molar-refractivity contribution in [3.8, 4) is 5.88 Å². The second kappa shape index (κ2) is 4.31. The number of carbonyl (C=O) groups excluding carboxylic acids is 2. The molecule has 0 amide bonds. The number of aromatic nitrogens is 2. The zero-order chi connectivity index (χ0) is 12.6. The first-order valence-corrected chi connectivity index (χ1v) is 5.82. The number of carbonyl (C=O) groups is 2. The highest BCUT2D eigenvalue weighted by Gasteiger charge is 2.31. The van der Waals surface area contributed by atoms with Crippen LogP contribution in [0.5, 0.6) is 5.88 Å². The summed E-state index contributed by atoms with van der Waals surface area (Å²) in [5.74, 6) is -0.473. The fraction of sp³-hybridized carbons (Fsp3) is 0.583. The van der Waals surface area contributed by atoms with Crippen molar-refractivity contribution < 1.29 is 14.7 Å². The highest BCUT2D eigenvalue weighted by Crippen LogP contribution is 2.31. The zero-order valence-corrected chi connectivity index (χ0v) is 10.0. The minimum Gasteiger partial charge on any atom is -0.493 e. The Morgan fingerprint density at radius 1 is 1.53 bits per heavy atom. The molecule has 0 saturated heterocycles. The maximum atomic E-state index is 11.8. The molecule has 0 radical (unpaired) electrons. The van der Waals surface area contributed by atoms with E-state index in [9.17, 15) is 14.7 Å². The Hall–Kier alpha value is -1.65. The normalized spacial score (nSPS) is 15.2. The molecule has 0 aromatic carbocycles. The van der Waals surface area contributed by atoms with Gasteiger partial charge in [0.1, 0.15) is 17.8 Å². The van der Waals surface area contributed by atoms with Crippen molar-refractivity contribution in [3.05, 3.63) is 12.0 Å². The molecule has 17 heavy (non-hydrogen) atoms. The first-order chi connectivity index (χ1) is 8.00. The molecule has 1 heterocycles. The van der Waals surface area contributed by atoms with Crippen LogP contribution in [0.4, 0.5) is 0 Å². The molecule has 1 aliphatic carbocycles. The molecule has 1 aromatic rings. The third-order valence-corrected chi connectivity index (χ3v) is 2.94. The lowest BCUT2D eigenvalue weighted by Crippen LogP contribution is -2.15. The monoisotopic (exact) mass is 236 g/mol. The topological polar surface area (TPSA) is 72.2 Å². The Kier molecular flexibility index (Phi) is 3.00. The van der Waals surface area contributed by atoms with Crippen LogP contribution in [-0.2, 0) is 4.79 Å². The summed E-state index contributed by atoms with van der Waals surface area (Å²) in [5, 5.41) is 9.81. The molecule has 1 aliphatic rings. The van der Waals surface area contributed by atoms with Gasteiger partial charge in [-0.2, -0.15) is 0 Å². The zero-order valence-electron chi connectivity index (χ0n) is 10.0. The highest BCUT2D eigenvalue weighted by atomic mass is 16.3. The molecule has 5 heteroatoms. The van der Waals surface area contributed by atoms with E-state index >= 15 is 0 Å². The first-order valence-electron chi connectivity index (χ1n) is 5.82. The van der Waals surface area contributed by atoms with Crippen molar-refractivity contribution in [1.29, 1.82) is 0 Å². The molecule has 0 atom stereocenters. The maximum Gasteiger partial charge on any atom is 0.242 e. The van der Waals surface area contributed by atoms with Crippen molar-refractivity contribution in [1.82, 2.24) is 9.55 Å². The van der Waals surface area contributed by atoms with E-state index in [-0.39, 0.29) is 29.9 Å². The summed E-state index contributed by atoms with van der Waals surface area (Å²) >= 11 is 0. The van der Waals surface area contributed by atoms with Crippen LogP contribution in [0.3, 0.4) is 0 Å². The predicted octanol–water partition coefficient (Wildman–Crippen LogP) is 1.72. The number of rotatable bonds is 4. The number of Topliss-reactive ketones (excluding diaryl/α,β-unsaturated/α-hetero) is 1. The van der Waals surface area contributed by atoms with E-state index in [0.29, 0.717) is 5.69 Å². The molecular weight excluding hydrogens is 220 g/mol. The summed E-state index contributed by atoms with van der Waals surface area (Å²) < 4.78 is 1.07. The van der Waals surface area contributed by atoms with Crippen molar-refractivity contribution in [3.63, 3.8) is 0 Å². The SMILES string of the molecule is CC(C)c1ncn(C(=O)CC(=O)C2CC2)c1O. The van der Waals surface area contributed by atoms with Gasteiger partial charge in [-0.05, 0) is 12.8 Å². The molecule has 1 aromatic heterocycles. The van der Waals surface area contributed by atoms with Crippen LogP contribution in [0, 0.1) is 5.92 Å². The molecule has 0 spiro atoms. The Morgan fingerprint density at radius 2 is 2.18 bits per heavy atom. The molecule has 0 bridgehead atoms. The summed E-state index contributed by atoms with van der Waals surface area (Å²) in [7, 11) is 0. The number of nitrogens with zero attached hydrogens (tertiary/aromatic N) is 2. The molecule has 5 nitrogen and oxygen atoms in total. The van der Waals surface area contributed by atoms with E-state index in [4.69, 9.17) is 0 Å². The van der Waals surface area contributed by atoms with E-state index in [1.54, 1.807) is 0 Å². The van der Waals surface area contributed by atoms with Crippen LogP contribution in [-0.4, -0.2) is 26.3 Å². The third kappa shape index (κ3) is 2.38. The minimum absolute atomic E-state index is 0.0332. The van der Waals surface area contributed by atoms with Crippen molar-refractivity contribution in [2.45, 2.75) is 39.0 Å². The van der Waals surface area contributed by atoms with Gasteiger partial charge in [0.15, 0.2) is 0 Å². The summed E-state index contributed by atoms with van der Waals surface area (Å²) in [4.78, 5) is 27.3. The van der Waals surface area contributed by atoms with E-state index in [1.165, 1.54) is 6.33 Å². The number of imidazole rings is 1. The average molecular weight is 236 g/mol. The maximum absolute atomic E-state index is 11.8. The summed E-state index contributed by atoms with van der Waals surface area (Å²) in [6.45, 7) is 3.76. The van der Waals surface area contributed by atoms with Crippen LogP contribution < -0.4 is 0 Å². The Balaban J connectivity index is 2.10. The minimum atomic E-state index is -0.404. The number of hydrogen-bond donors (Lipinski definition) is 1. The molecule has 1 N–H and O–H groups in total. The van der Waals surface area contributed by atoms with Gasteiger partial charge in [0.25, 0.3) is 0 Å². The lowest BCUT2D eigenvalue weighted by molar-refractivity contribution is -0.119. The lowest BCUT2D eigenvalue weighted by atomic mass is 10.1. The van der Waals surface area contributed by atoms with Crippen LogP contribution in [0.25, 0.3) is 0 Å². The van der Waals surface area contributed by atoms with Crippen molar-refractivity contribution >= 4 is 11.7 Å². The molecule has 1 saturated carbocycles. The average Bonchev–Trinajstić information content (AvgIpc) is 3.01. The number of hydrogen-bond acceptors (Lipinski definition) is 4. The lowest BCUT2D eigenvalue weighted by Gasteiger charge is -2.04. The Labute approximate surface area is 99.5 Å². The van der Waals surface area contributed by atoms with Crippen molar-refractivity contribution in [2.24, 2.45) is 5.92 Å². The summed E-state index contributed by atoms with van der Waals surface area (Å²) in [6, 6.07) is 0. The number of ketones is 1. The summed E-state index contributed by atoms with van der Waals surface area (Å²) in [5.41, 5.74) is 0.484. The second-order valence-corrected chi connectivity index (χ2v) is 4.79. The van der Waals surface area contributed by atoms with Gasteiger partial charge in [-0.1, -0.05) is 13.8 Å². The van der Waals surface area contributed by atoms with Crippen LogP contribution >= 0.6 is 0 Å². The first kappa shape index (κ1) is 11.8. The van der Waals surface area contributed by atoms with Crippen LogP contribution in [0.1, 0.15) is 49.5 Å².